The van der Waals surface area contributed by atoms with Crippen molar-refractivity contribution in [3.63, 3.8) is 0 Å². The first-order valence-electron chi connectivity index (χ1n) is 9.82. The normalized spacial score (nSPS) is 11.1. The zero-order valence-electron chi connectivity index (χ0n) is 17.8. The Kier molecular flexibility index (Phi) is 7.47. The van der Waals surface area contributed by atoms with Crippen LogP contribution in [0.1, 0.15) is 23.9 Å². The van der Waals surface area contributed by atoms with Crippen LogP contribution < -0.4 is 14.8 Å². The Balaban J connectivity index is 1.62. The van der Waals surface area contributed by atoms with Gasteiger partial charge >= 0.3 is 0 Å². The van der Waals surface area contributed by atoms with Crippen LogP contribution in [0.5, 0.6) is 5.75 Å². The highest BCUT2D eigenvalue weighted by Crippen LogP contribution is 2.24. The van der Waals surface area contributed by atoms with Crippen LogP contribution in [0.15, 0.2) is 57.9 Å². The van der Waals surface area contributed by atoms with Crippen molar-refractivity contribution in [2.45, 2.75) is 32.1 Å². The van der Waals surface area contributed by atoms with E-state index < -0.39 is 10.0 Å². The van der Waals surface area contributed by atoms with E-state index in [0.29, 0.717) is 22.8 Å². The molecule has 0 bridgehead atoms. The van der Waals surface area contributed by atoms with Gasteiger partial charge in [0.1, 0.15) is 5.75 Å². The molecule has 1 aromatic heterocycles. The highest BCUT2D eigenvalue weighted by molar-refractivity contribution is 9.10. The van der Waals surface area contributed by atoms with Crippen molar-refractivity contribution >= 4 is 43.5 Å². The number of anilines is 2. The van der Waals surface area contributed by atoms with Crippen LogP contribution in [0, 0.1) is 13.8 Å². The molecule has 2 aromatic carbocycles. The van der Waals surface area contributed by atoms with Gasteiger partial charge in [0.25, 0.3) is 15.9 Å². The minimum absolute atomic E-state index is 0.0106. The van der Waals surface area contributed by atoms with E-state index in [0.717, 1.165) is 16.5 Å². The van der Waals surface area contributed by atoms with Crippen LogP contribution in [0.4, 0.5) is 11.6 Å². The number of nitrogens with zero attached hydrogens (tertiary/aromatic N) is 2. The van der Waals surface area contributed by atoms with Gasteiger partial charge in [0.15, 0.2) is 6.61 Å². The third-order valence-corrected chi connectivity index (χ3v) is 6.26. The summed E-state index contributed by atoms with van der Waals surface area (Å²) in [5.74, 6) is 0.302. The standard InChI is InChI=1S/C22H23BrN4O4S/c1-4-16-12-17(23)5-10-20(16)31-13-21(28)26-18-6-8-19(9-7-18)32(29,30)27-22-24-14(2)11-15(3)25-22/h5-12H,4,13H2,1-3H3,(H,26,28)(H,24,25,27). The summed E-state index contributed by atoms with van der Waals surface area (Å²) >= 11 is 3.42. The molecule has 0 saturated heterocycles. The lowest BCUT2D eigenvalue weighted by atomic mass is 10.1. The van der Waals surface area contributed by atoms with E-state index in [1.807, 2.05) is 25.1 Å². The van der Waals surface area contributed by atoms with Gasteiger partial charge in [-0.2, -0.15) is 0 Å². The van der Waals surface area contributed by atoms with Crippen LogP contribution in [0.25, 0.3) is 0 Å². The lowest BCUT2D eigenvalue weighted by Crippen LogP contribution is -2.20. The number of sulfonamides is 1. The van der Waals surface area contributed by atoms with Gasteiger partial charge in [0.2, 0.25) is 5.95 Å². The molecule has 10 heteroatoms. The number of nitrogens with one attached hydrogen (secondary N) is 2. The van der Waals surface area contributed by atoms with Crippen molar-refractivity contribution in [2.24, 2.45) is 0 Å². The van der Waals surface area contributed by atoms with E-state index in [1.54, 1.807) is 19.9 Å². The van der Waals surface area contributed by atoms with Gasteiger partial charge in [-0.1, -0.05) is 22.9 Å². The molecule has 3 rings (SSSR count). The summed E-state index contributed by atoms with van der Waals surface area (Å²) in [4.78, 5) is 20.5. The Morgan fingerprint density at radius 2 is 1.69 bits per heavy atom. The van der Waals surface area contributed by atoms with E-state index in [4.69, 9.17) is 4.74 Å². The molecule has 3 aromatic rings. The van der Waals surface area contributed by atoms with Crippen LogP contribution >= 0.6 is 15.9 Å². The summed E-state index contributed by atoms with van der Waals surface area (Å²) in [6.07, 6.45) is 0.771. The first-order chi connectivity index (χ1) is 15.2. The predicted molar refractivity (Wildman–Crippen MR) is 126 cm³/mol. The van der Waals surface area contributed by atoms with Crippen molar-refractivity contribution < 1.29 is 17.9 Å². The number of aromatic nitrogens is 2. The monoisotopic (exact) mass is 518 g/mol. The Bertz CT molecular complexity index is 1210. The lowest BCUT2D eigenvalue weighted by molar-refractivity contribution is -0.118. The van der Waals surface area contributed by atoms with E-state index >= 15 is 0 Å². The zero-order chi connectivity index (χ0) is 23.3. The maximum atomic E-state index is 12.6. The fourth-order valence-corrected chi connectivity index (χ4v) is 4.33. The van der Waals surface area contributed by atoms with E-state index in [1.165, 1.54) is 24.3 Å². The number of hydrogen-bond donors (Lipinski definition) is 2. The SMILES string of the molecule is CCc1cc(Br)ccc1OCC(=O)Nc1ccc(S(=O)(=O)Nc2nc(C)cc(C)n2)cc1. The number of amides is 1. The third kappa shape index (κ3) is 6.27. The highest BCUT2D eigenvalue weighted by Gasteiger charge is 2.16. The van der Waals surface area contributed by atoms with E-state index in [2.05, 4.69) is 35.9 Å². The maximum Gasteiger partial charge on any atom is 0.264 e. The van der Waals surface area contributed by atoms with Crippen molar-refractivity contribution in [3.05, 3.63) is 70.0 Å². The summed E-state index contributed by atoms with van der Waals surface area (Å²) in [5.41, 5.74) is 2.75. The second-order valence-corrected chi connectivity index (χ2v) is 9.64. The molecular weight excluding hydrogens is 496 g/mol. The molecule has 0 saturated carbocycles. The second-order valence-electron chi connectivity index (χ2n) is 7.05. The first kappa shape index (κ1) is 23.7. The summed E-state index contributed by atoms with van der Waals surface area (Å²) in [6, 6.07) is 13.2. The molecule has 8 nitrogen and oxygen atoms in total. The average Bonchev–Trinajstić information content (AvgIpc) is 2.72. The van der Waals surface area contributed by atoms with Crippen LogP contribution in [-0.4, -0.2) is 30.9 Å². The Morgan fingerprint density at radius 3 is 2.31 bits per heavy atom. The molecule has 0 radical (unpaired) electrons. The van der Waals surface area contributed by atoms with Gasteiger partial charge in [-0.25, -0.2) is 23.1 Å². The first-order valence-corrected chi connectivity index (χ1v) is 12.1. The zero-order valence-corrected chi connectivity index (χ0v) is 20.2. The highest BCUT2D eigenvalue weighted by atomic mass is 79.9. The van der Waals surface area contributed by atoms with Crippen molar-refractivity contribution in [1.82, 2.24) is 9.97 Å². The summed E-state index contributed by atoms with van der Waals surface area (Å²) in [6.45, 7) is 5.35. The molecule has 0 unspecified atom stereocenters. The number of halogens is 1. The number of ether oxygens (including phenoxy) is 1. The molecule has 168 valence electrons. The minimum atomic E-state index is -3.87. The predicted octanol–water partition coefficient (Wildman–Crippen LogP) is 4.24. The topological polar surface area (TPSA) is 110 Å². The third-order valence-electron chi connectivity index (χ3n) is 4.42. The summed E-state index contributed by atoms with van der Waals surface area (Å²) in [7, 11) is -3.87. The molecular formula is C22H23BrN4O4S. The van der Waals surface area contributed by atoms with Gasteiger partial charge in [-0.05, 0) is 74.4 Å². The maximum absolute atomic E-state index is 12.6. The van der Waals surface area contributed by atoms with E-state index in [9.17, 15) is 13.2 Å². The Hall–Kier alpha value is -2.98. The van der Waals surface area contributed by atoms with Crippen molar-refractivity contribution in [2.75, 3.05) is 16.6 Å². The fourth-order valence-electron chi connectivity index (χ4n) is 2.97. The summed E-state index contributed by atoms with van der Waals surface area (Å²) in [5, 5.41) is 2.69. The molecule has 0 aliphatic rings. The molecule has 0 aliphatic heterocycles. The number of hydrogen-bond acceptors (Lipinski definition) is 6. The Labute approximate surface area is 195 Å². The van der Waals surface area contributed by atoms with Gasteiger partial charge in [0, 0.05) is 21.5 Å². The van der Waals surface area contributed by atoms with Crippen LogP contribution in [0.2, 0.25) is 0 Å². The number of carbonyl (C=O) groups excluding carboxylic acids is 1. The van der Waals surface area contributed by atoms with Gasteiger partial charge in [-0.15, -0.1) is 0 Å². The molecule has 1 heterocycles. The van der Waals surface area contributed by atoms with Gasteiger partial charge in [-0.3, -0.25) is 4.79 Å². The number of rotatable bonds is 8. The summed E-state index contributed by atoms with van der Waals surface area (Å²) < 4.78 is 34.1. The molecule has 0 spiro atoms. The van der Waals surface area contributed by atoms with Crippen LogP contribution in [-0.2, 0) is 21.2 Å². The number of carbonyl (C=O) groups is 1. The van der Waals surface area contributed by atoms with Gasteiger partial charge in [0.05, 0.1) is 4.90 Å². The molecule has 32 heavy (non-hydrogen) atoms. The second kappa shape index (κ2) is 10.1. The largest absolute Gasteiger partial charge is 0.483 e. The molecule has 0 atom stereocenters. The molecule has 0 aliphatic carbocycles. The molecule has 0 fully saturated rings. The van der Waals surface area contributed by atoms with Crippen molar-refractivity contribution in [1.29, 1.82) is 0 Å². The minimum Gasteiger partial charge on any atom is -0.483 e. The van der Waals surface area contributed by atoms with Crippen LogP contribution in [0.3, 0.4) is 0 Å². The lowest BCUT2D eigenvalue weighted by Gasteiger charge is -2.12. The Morgan fingerprint density at radius 1 is 1.03 bits per heavy atom. The van der Waals surface area contributed by atoms with Gasteiger partial charge < -0.3 is 10.1 Å². The number of benzene rings is 2. The molecule has 1 amide bonds. The quantitative estimate of drug-likeness (QED) is 0.461. The van der Waals surface area contributed by atoms with E-state index in [-0.39, 0.29) is 23.4 Å². The smallest absolute Gasteiger partial charge is 0.264 e. The number of aryl methyl sites for hydroxylation is 3. The fraction of sp³-hybridized carbons (Fsp3) is 0.227. The average molecular weight is 519 g/mol. The molecule has 2 N–H and O–H groups in total. The van der Waals surface area contributed by atoms with Crippen molar-refractivity contribution in [3.8, 4) is 5.75 Å².